The zero-order valence-corrected chi connectivity index (χ0v) is 11.8. The third-order valence-electron chi connectivity index (χ3n) is 2.73. The lowest BCUT2D eigenvalue weighted by Crippen LogP contribution is -2.36. The molecule has 0 saturated heterocycles. The molecule has 0 bridgehead atoms. The van der Waals surface area contributed by atoms with Gasteiger partial charge in [-0.15, -0.1) is 0 Å². The summed E-state index contributed by atoms with van der Waals surface area (Å²) < 4.78 is 0.848. The molecule has 3 heteroatoms. The topological polar surface area (TPSA) is 29.1 Å². The molecule has 2 nitrogen and oxygen atoms in total. The van der Waals surface area contributed by atoms with E-state index in [1.165, 1.54) is 0 Å². The molecule has 0 fully saturated rings. The summed E-state index contributed by atoms with van der Waals surface area (Å²) in [4.78, 5) is 12.0. The summed E-state index contributed by atoms with van der Waals surface area (Å²) in [5.41, 5.74) is 1.83. The molecule has 1 aromatic rings. The molecule has 1 atom stereocenters. The van der Waals surface area contributed by atoms with E-state index in [0.717, 1.165) is 10.0 Å². The Kier molecular flexibility index (Phi) is 4.54. The second kappa shape index (κ2) is 5.48. The minimum Gasteiger partial charge on any atom is -0.349 e. The fourth-order valence-corrected chi connectivity index (χ4v) is 1.93. The zero-order valence-electron chi connectivity index (χ0n) is 10.2. The second-order valence-electron chi connectivity index (χ2n) is 4.49. The molecule has 0 heterocycles. The zero-order chi connectivity index (χ0) is 12.3. The van der Waals surface area contributed by atoms with Crippen molar-refractivity contribution in [2.24, 2.45) is 5.92 Å². The van der Waals surface area contributed by atoms with Crippen LogP contribution in [0.15, 0.2) is 22.7 Å². The monoisotopic (exact) mass is 283 g/mol. The molecule has 1 rings (SSSR count). The van der Waals surface area contributed by atoms with Crippen molar-refractivity contribution in [3.8, 4) is 0 Å². The molecule has 16 heavy (non-hydrogen) atoms. The van der Waals surface area contributed by atoms with Gasteiger partial charge in [-0.25, -0.2) is 0 Å². The number of aryl methyl sites for hydroxylation is 1. The number of rotatable bonds is 3. The number of hydrogen-bond acceptors (Lipinski definition) is 1. The lowest BCUT2D eigenvalue weighted by molar-refractivity contribution is 0.0930. The maximum absolute atomic E-state index is 12.0. The highest BCUT2D eigenvalue weighted by Crippen LogP contribution is 2.18. The average Bonchev–Trinajstić information content (AvgIpc) is 2.16. The highest BCUT2D eigenvalue weighted by molar-refractivity contribution is 9.10. The Labute approximate surface area is 106 Å². The predicted molar refractivity (Wildman–Crippen MR) is 70.6 cm³/mol. The summed E-state index contributed by atoms with van der Waals surface area (Å²) in [5, 5.41) is 2.99. The van der Waals surface area contributed by atoms with Crippen molar-refractivity contribution in [2.75, 3.05) is 0 Å². The first-order chi connectivity index (χ1) is 7.41. The van der Waals surface area contributed by atoms with E-state index in [2.05, 4.69) is 35.1 Å². The van der Waals surface area contributed by atoms with E-state index in [9.17, 15) is 4.79 Å². The molecule has 1 amide bonds. The molecular weight excluding hydrogens is 266 g/mol. The van der Waals surface area contributed by atoms with Crippen molar-refractivity contribution in [2.45, 2.75) is 33.7 Å². The van der Waals surface area contributed by atoms with Gasteiger partial charge in [0, 0.05) is 10.5 Å². The number of nitrogens with one attached hydrogen (secondary N) is 1. The van der Waals surface area contributed by atoms with E-state index in [1.807, 2.05) is 32.0 Å². The minimum absolute atomic E-state index is 0.0203. The molecule has 1 aromatic carbocycles. The lowest BCUT2D eigenvalue weighted by Gasteiger charge is -2.18. The first-order valence-corrected chi connectivity index (χ1v) is 6.28. The highest BCUT2D eigenvalue weighted by atomic mass is 79.9. The summed E-state index contributed by atoms with van der Waals surface area (Å²) in [6, 6.07) is 5.93. The Bertz CT molecular complexity index is 388. The summed E-state index contributed by atoms with van der Waals surface area (Å²) >= 11 is 3.41. The summed E-state index contributed by atoms with van der Waals surface area (Å²) in [7, 11) is 0. The molecular formula is C13H18BrNO. The van der Waals surface area contributed by atoms with E-state index in [4.69, 9.17) is 0 Å². The number of halogens is 1. The van der Waals surface area contributed by atoms with Crippen LogP contribution in [0, 0.1) is 12.8 Å². The number of benzene rings is 1. The van der Waals surface area contributed by atoms with Crippen LogP contribution in [-0.2, 0) is 0 Å². The van der Waals surface area contributed by atoms with Crippen LogP contribution in [0.3, 0.4) is 0 Å². The average molecular weight is 284 g/mol. The Morgan fingerprint density at radius 3 is 2.44 bits per heavy atom. The van der Waals surface area contributed by atoms with Crippen LogP contribution in [0.25, 0.3) is 0 Å². The minimum atomic E-state index is -0.0203. The van der Waals surface area contributed by atoms with Gasteiger partial charge >= 0.3 is 0 Å². The molecule has 88 valence electrons. The molecule has 1 unspecified atom stereocenters. The van der Waals surface area contributed by atoms with Crippen molar-refractivity contribution in [1.29, 1.82) is 0 Å². The lowest BCUT2D eigenvalue weighted by atomic mass is 10.1. The molecule has 0 aliphatic carbocycles. The smallest absolute Gasteiger partial charge is 0.252 e. The second-order valence-corrected chi connectivity index (χ2v) is 5.34. The summed E-state index contributed by atoms with van der Waals surface area (Å²) in [6.07, 6.45) is 0. The first kappa shape index (κ1) is 13.2. The predicted octanol–water partition coefficient (Wildman–Crippen LogP) is 3.53. The van der Waals surface area contributed by atoms with Gasteiger partial charge in [-0.2, -0.15) is 0 Å². The van der Waals surface area contributed by atoms with Crippen molar-refractivity contribution < 1.29 is 4.79 Å². The Morgan fingerprint density at radius 2 is 1.94 bits per heavy atom. The van der Waals surface area contributed by atoms with E-state index in [-0.39, 0.29) is 11.9 Å². The fraction of sp³-hybridized carbons (Fsp3) is 0.462. The van der Waals surface area contributed by atoms with Crippen LogP contribution in [0.5, 0.6) is 0 Å². The third kappa shape index (κ3) is 3.34. The van der Waals surface area contributed by atoms with E-state index in [0.29, 0.717) is 11.5 Å². The van der Waals surface area contributed by atoms with Crippen molar-refractivity contribution in [3.63, 3.8) is 0 Å². The largest absolute Gasteiger partial charge is 0.349 e. The Hall–Kier alpha value is -0.830. The van der Waals surface area contributed by atoms with Gasteiger partial charge in [0.1, 0.15) is 0 Å². The summed E-state index contributed by atoms with van der Waals surface area (Å²) in [5.74, 6) is 0.418. The van der Waals surface area contributed by atoms with Crippen LogP contribution >= 0.6 is 15.9 Å². The van der Waals surface area contributed by atoms with Crippen LogP contribution < -0.4 is 5.32 Å². The number of hydrogen-bond donors (Lipinski definition) is 1. The molecule has 0 spiro atoms. The van der Waals surface area contributed by atoms with Gasteiger partial charge in [0.15, 0.2) is 0 Å². The van der Waals surface area contributed by atoms with Crippen LogP contribution in [0.4, 0.5) is 0 Å². The van der Waals surface area contributed by atoms with E-state index < -0.39 is 0 Å². The van der Waals surface area contributed by atoms with Crippen LogP contribution in [0.1, 0.15) is 36.7 Å². The van der Waals surface area contributed by atoms with E-state index >= 15 is 0 Å². The van der Waals surface area contributed by atoms with Gasteiger partial charge in [0.05, 0.1) is 5.56 Å². The van der Waals surface area contributed by atoms with Crippen LogP contribution in [0.2, 0.25) is 0 Å². The summed E-state index contributed by atoms with van der Waals surface area (Å²) in [6.45, 7) is 8.21. The van der Waals surface area contributed by atoms with Gasteiger partial charge < -0.3 is 5.32 Å². The van der Waals surface area contributed by atoms with Crippen molar-refractivity contribution in [3.05, 3.63) is 33.8 Å². The molecule has 0 aliphatic rings. The molecule has 1 N–H and O–H groups in total. The van der Waals surface area contributed by atoms with Gasteiger partial charge in [-0.05, 0) is 53.4 Å². The quantitative estimate of drug-likeness (QED) is 0.903. The fourth-order valence-electron chi connectivity index (χ4n) is 1.26. The number of carbonyl (C=O) groups is 1. The molecule has 0 aromatic heterocycles. The first-order valence-electron chi connectivity index (χ1n) is 5.49. The number of carbonyl (C=O) groups excluding carboxylic acids is 1. The highest BCUT2D eigenvalue weighted by Gasteiger charge is 2.14. The van der Waals surface area contributed by atoms with Gasteiger partial charge in [-0.3, -0.25) is 4.79 Å². The SMILES string of the molecule is Cc1ccc(C(=O)NC(C)C(C)C)c(Br)c1. The van der Waals surface area contributed by atoms with E-state index in [1.54, 1.807) is 0 Å². The third-order valence-corrected chi connectivity index (χ3v) is 3.38. The van der Waals surface area contributed by atoms with Gasteiger partial charge in [-0.1, -0.05) is 19.9 Å². The maximum atomic E-state index is 12.0. The molecule has 0 aliphatic heterocycles. The molecule has 0 saturated carbocycles. The maximum Gasteiger partial charge on any atom is 0.252 e. The van der Waals surface area contributed by atoms with Crippen molar-refractivity contribution >= 4 is 21.8 Å². The van der Waals surface area contributed by atoms with Gasteiger partial charge in [0.2, 0.25) is 0 Å². The number of amides is 1. The Morgan fingerprint density at radius 1 is 1.31 bits per heavy atom. The van der Waals surface area contributed by atoms with Crippen LogP contribution in [-0.4, -0.2) is 11.9 Å². The standard InChI is InChI=1S/C13H18BrNO/c1-8(2)10(4)15-13(16)11-6-5-9(3)7-12(11)14/h5-8,10H,1-4H3,(H,15,16). The van der Waals surface area contributed by atoms with Crippen molar-refractivity contribution in [1.82, 2.24) is 5.32 Å². The Balaban J connectivity index is 2.81. The normalized spacial score (nSPS) is 12.6. The molecule has 0 radical (unpaired) electrons. The van der Waals surface area contributed by atoms with Gasteiger partial charge in [0.25, 0.3) is 5.91 Å².